The van der Waals surface area contributed by atoms with Crippen LogP contribution in [-0.4, -0.2) is 28.0 Å². The summed E-state index contributed by atoms with van der Waals surface area (Å²) >= 11 is 7.68. The van der Waals surface area contributed by atoms with E-state index in [1.807, 2.05) is 6.92 Å². The summed E-state index contributed by atoms with van der Waals surface area (Å²) in [6.45, 7) is 2.86. The summed E-state index contributed by atoms with van der Waals surface area (Å²) in [5, 5.41) is 3.76. The highest BCUT2D eigenvalue weighted by molar-refractivity contribution is 7.99. The molecular weight excluding hydrogens is 242 g/mol. The standard InChI is InChI=1S/C11H14ClN3S/c1-3-6-16-7-5-13-11-9(4-2)10(12)14-8-15-11/h1,8H,4-7H2,2H3,(H,13,14,15). The summed E-state index contributed by atoms with van der Waals surface area (Å²) in [6, 6.07) is 0. The first kappa shape index (κ1) is 13.1. The number of hydrogen-bond donors (Lipinski definition) is 1. The lowest BCUT2D eigenvalue weighted by Crippen LogP contribution is -2.09. The molecule has 0 aliphatic heterocycles. The lowest BCUT2D eigenvalue weighted by atomic mass is 10.2. The highest BCUT2D eigenvalue weighted by Crippen LogP contribution is 2.19. The maximum Gasteiger partial charge on any atom is 0.137 e. The van der Waals surface area contributed by atoms with Crippen LogP contribution in [0.5, 0.6) is 0 Å². The molecule has 0 aromatic carbocycles. The van der Waals surface area contributed by atoms with Gasteiger partial charge >= 0.3 is 0 Å². The predicted molar refractivity (Wildman–Crippen MR) is 71.1 cm³/mol. The highest BCUT2D eigenvalue weighted by atomic mass is 35.5. The molecule has 0 aliphatic carbocycles. The van der Waals surface area contributed by atoms with Crippen molar-refractivity contribution in [2.75, 3.05) is 23.4 Å². The van der Waals surface area contributed by atoms with Crippen molar-refractivity contribution in [3.8, 4) is 12.3 Å². The van der Waals surface area contributed by atoms with Crippen LogP contribution >= 0.6 is 23.4 Å². The third-order valence-electron chi connectivity index (χ3n) is 1.97. The van der Waals surface area contributed by atoms with Crippen molar-refractivity contribution < 1.29 is 0 Å². The zero-order valence-corrected chi connectivity index (χ0v) is 10.7. The molecule has 0 aliphatic rings. The Labute approximate surface area is 105 Å². The molecule has 1 heterocycles. The third-order valence-corrected chi connectivity index (χ3v) is 3.16. The Balaban J connectivity index is 2.47. The van der Waals surface area contributed by atoms with Gasteiger partial charge in [-0.05, 0) is 6.42 Å². The molecule has 0 amide bonds. The second-order valence-electron chi connectivity index (χ2n) is 3.03. The van der Waals surface area contributed by atoms with Gasteiger partial charge in [-0.25, -0.2) is 9.97 Å². The molecule has 0 radical (unpaired) electrons. The van der Waals surface area contributed by atoms with Gasteiger partial charge in [0.15, 0.2) is 0 Å². The van der Waals surface area contributed by atoms with E-state index in [4.69, 9.17) is 18.0 Å². The van der Waals surface area contributed by atoms with E-state index in [1.165, 1.54) is 6.33 Å². The lowest BCUT2D eigenvalue weighted by molar-refractivity contribution is 1.03. The molecular formula is C11H14ClN3S. The summed E-state index contributed by atoms with van der Waals surface area (Å²) in [7, 11) is 0. The van der Waals surface area contributed by atoms with Gasteiger partial charge in [0.25, 0.3) is 0 Å². The maximum atomic E-state index is 5.97. The van der Waals surface area contributed by atoms with Crippen molar-refractivity contribution >= 4 is 29.2 Å². The average molecular weight is 256 g/mol. The first-order chi connectivity index (χ1) is 7.79. The van der Waals surface area contributed by atoms with Crippen molar-refractivity contribution in [3.05, 3.63) is 17.0 Å². The van der Waals surface area contributed by atoms with Gasteiger partial charge in [-0.15, -0.1) is 18.2 Å². The number of nitrogens with zero attached hydrogens (tertiary/aromatic N) is 2. The van der Waals surface area contributed by atoms with Gasteiger partial charge in [-0.3, -0.25) is 0 Å². The van der Waals surface area contributed by atoms with E-state index in [2.05, 4.69) is 21.2 Å². The van der Waals surface area contributed by atoms with E-state index >= 15 is 0 Å². The van der Waals surface area contributed by atoms with Crippen molar-refractivity contribution in [1.29, 1.82) is 0 Å². The van der Waals surface area contributed by atoms with Gasteiger partial charge in [0, 0.05) is 17.9 Å². The van der Waals surface area contributed by atoms with E-state index in [1.54, 1.807) is 11.8 Å². The monoisotopic (exact) mass is 255 g/mol. The molecule has 3 nitrogen and oxygen atoms in total. The summed E-state index contributed by atoms with van der Waals surface area (Å²) in [6.07, 6.45) is 7.45. The van der Waals surface area contributed by atoms with Crippen molar-refractivity contribution in [2.45, 2.75) is 13.3 Å². The molecule has 86 valence electrons. The minimum atomic E-state index is 0.524. The van der Waals surface area contributed by atoms with E-state index in [9.17, 15) is 0 Å². The van der Waals surface area contributed by atoms with Gasteiger partial charge in [0.1, 0.15) is 17.3 Å². The molecule has 0 unspecified atom stereocenters. The Kier molecular flexibility index (Phi) is 6.05. The summed E-state index contributed by atoms with van der Waals surface area (Å²) < 4.78 is 0. The number of thioether (sulfide) groups is 1. The van der Waals surface area contributed by atoms with Gasteiger partial charge in [0.2, 0.25) is 0 Å². The normalized spacial score (nSPS) is 9.81. The Morgan fingerprint density at radius 3 is 3.06 bits per heavy atom. The number of halogens is 1. The number of aromatic nitrogens is 2. The Hall–Kier alpha value is -0.920. The summed E-state index contributed by atoms with van der Waals surface area (Å²) in [5.41, 5.74) is 0.964. The zero-order valence-electron chi connectivity index (χ0n) is 9.16. The molecule has 5 heteroatoms. The Morgan fingerprint density at radius 2 is 2.38 bits per heavy atom. The fourth-order valence-electron chi connectivity index (χ4n) is 1.23. The van der Waals surface area contributed by atoms with Gasteiger partial charge in [0.05, 0.1) is 5.75 Å². The Bertz CT molecular complexity index is 376. The molecule has 1 aromatic heterocycles. The third kappa shape index (κ3) is 3.92. The van der Waals surface area contributed by atoms with Crippen LogP contribution in [0.25, 0.3) is 0 Å². The quantitative estimate of drug-likeness (QED) is 0.482. The molecule has 0 atom stereocenters. The number of anilines is 1. The molecule has 0 saturated carbocycles. The van der Waals surface area contributed by atoms with Crippen LogP contribution in [0.4, 0.5) is 5.82 Å². The average Bonchev–Trinajstić information content (AvgIpc) is 2.29. The number of nitrogens with one attached hydrogen (secondary N) is 1. The molecule has 1 rings (SSSR count). The molecule has 0 saturated heterocycles. The van der Waals surface area contributed by atoms with Gasteiger partial charge in [-0.1, -0.05) is 24.4 Å². The molecule has 1 N–H and O–H groups in total. The second-order valence-corrected chi connectivity index (χ2v) is 4.49. The molecule has 0 bridgehead atoms. The lowest BCUT2D eigenvalue weighted by Gasteiger charge is -2.09. The van der Waals surface area contributed by atoms with E-state index in [-0.39, 0.29) is 0 Å². The second kappa shape index (κ2) is 7.37. The fraction of sp³-hybridized carbons (Fsp3) is 0.455. The van der Waals surface area contributed by atoms with Crippen LogP contribution < -0.4 is 5.32 Å². The summed E-state index contributed by atoms with van der Waals surface area (Å²) in [4.78, 5) is 8.12. The zero-order chi connectivity index (χ0) is 11.8. The van der Waals surface area contributed by atoms with E-state index < -0.39 is 0 Å². The smallest absolute Gasteiger partial charge is 0.137 e. The SMILES string of the molecule is C#CCSCCNc1ncnc(Cl)c1CC. The van der Waals surface area contributed by atoms with E-state index in [0.29, 0.717) is 5.15 Å². The number of hydrogen-bond acceptors (Lipinski definition) is 4. The van der Waals surface area contributed by atoms with Crippen molar-refractivity contribution in [2.24, 2.45) is 0 Å². The molecule has 0 spiro atoms. The fourth-order valence-corrected chi connectivity index (χ4v) is 2.00. The minimum absolute atomic E-state index is 0.524. The van der Waals surface area contributed by atoms with Crippen molar-refractivity contribution in [3.63, 3.8) is 0 Å². The largest absolute Gasteiger partial charge is 0.369 e. The first-order valence-corrected chi connectivity index (χ1v) is 6.57. The maximum absolute atomic E-state index is 5.97. The van der Waals surface area contributed by atoms with Crippen LogP contribution in [0.1, 0.15) is 12.5 Å². The van der Waals surface area contributed by atoms with Crippen LogP contribution in [0, 0.1) is 12.3 Å². The van der Waals surface area contributed by atoms with E-state index in [0.717, 1.165) is 35.9 Å². The summed E-state index contributed by atoms with van der Waals surface area (Å²) in [5.74, 6) is 5.11. The van der Waals surface area contributed by atoms with Crippen molar-refractivity contribution in [1.82, 2.24) is 9.97 Å². The molecule has 0 fully saturated rings. The first-order valence-electron chi connectivity index (χ1n) is 5.04. The highest BCUT2D eigenvalue weighted by Gasteiger charge is 2.06. The predicted octanol–water partition coefficient (Wildman–Crippen LogP) is 2.47. The van der Waals surface area contributed by atoms with Gasteiger partial charge in [-0.2, -0.15) is 0 Å². The van der Waals surface area contributed by atoms with Crippen LogP contribution in [0.2, 0.25) is 5.15 Å². The molecule has 16 heavy (non-hydrogen) atoms. The molecule has 1 aromatic rings. The topological polar surface area (TPSA) is 37.8 Å². The van der Waals surface area contributed by atoms with Crippen LogP contribution in [0.3, 0.4) is 0 Å². The number of rotatable bonds is 6. The van der Waals surface area contributed by atoms with Gasteiger partial charge < -0.3 is 5.32 Å². The van der Waals surface area contributed by atoms with Crippen LogP contribution in [-0.2, 0) is 6.42 Å². The van der Waals surface area contributed by atoms with Crippen LogP contribution in [0.15, 0.2) is 6.33 Å². The Morgan fingerprint density at radius 1 is 1.56 bits per heavy atom. The number of terminal acetylenes is 1. The minimum Gasteiger partial charge on any atom is -0.369 e.